The zero-order valence-corrected chi connectivity index (χ0v) is 10.8. The minimum atomic E-state index is -2.94. The van der Waals surface area contributed by atoms with E-state index in [4.69, 9.17) is 5.11 Å². The molecule has 0 aromatic carbocycles. The van der Waals surface area contributed by atoms with Gasteiger partial charge in [0.15, 0.2) is 9.84 Å². The molecule has 0 aromatic heterocycles. The summed E-state index contributed by atoms with van der Waals surface area (Å²) in [5.41, 5.74) is 0. The van der Waals surface area contributed by atoms with Gasteiger partial charge in [0.2, 0.25) is 0 Å². The van der Waals surface area contributed by atoms with E-state index in [1.807, 2.05) is 20.8 Å². The lowest BCUT2D eigenvalue weighted by Gasteiger charge is -2.24. The third-order valence-electron chi connectivity index (χ3n) is 2.44. The van der Waals surface area contributed by atoms with Crippen molar-refractivity contribution in [2.24, 2.45) is 5.92 Å². The molecule has 2 N–H and O–H groups in total. The van der Waals surface area contributed by atoms with Crippen molar-refractivity contribution in [1.82, 2.24) is 5.32 Å². The van der Waals surface area contributed by atoms with Crippen LogP contribution in [-0.2, 0) is 9.84 Å². The highest BCUT2D eigenvalue weighted by molar-refractivity contribution is 7.91. The van der Waals surface area contributed by atoms with Gasteiger partial charge in [-0.1, -0.05) is 20.8 Å². The van der Waals surface area contributed by atoms with E-state index in [-0.39, 0.29) is 30.2 Å². The molecule has 15 heavy (non-hydrogen) atoms. The van der Waals surface area contributed by atoms with E-state index in [9.17, 15) is 8.42 Å². The molecule has 0 fully saturated rings. The van der Waals surface area contributed by atoms with Crippen molar-refractivity contribution in [1.29, 1.82) is 0 Å². The molecule has 0 aliphatic rings. The molecule has 0 radical (unpaired) electrons. The monoisotopic (exact) mass is 237 g/mol. The number of aliphatic hydroxyl groups is 1. The molecule has 0 spiro atoms. The van der Waals surface area contributed by atoms with E-state index >= 15 is 0 Å². The van der Waals surface area contributed by atoms with Gasteiger partial charge in [-0.2, -0.15) is 0 Å². The Bertz CT molecular complexity index is 262. The molecule has 2 atom stereocenters. The second-order valence-corrected chi connectivity index (χ2v) is 6.70. The predicted molar refractivity (Wildman–Crippen MR) is 62.6 cm³/mol. The van der Waals surface area contributed by atoms with Crippen LogP contribution in [0.5, 0.6) is 0 Å². The zero-order valence-electron chi connectivity index (χ0n) is 10.0. The summed E-state index contributed by atoms with van der Waals surface area (Å²) < 4.78 is 22.7. The van der Waals surface area contributed by atoms with Gasteiger partial charge < -0.3 is 10.4 Å². The van der Waals surface area contributed by atoms with Crippen molar-refractivity contribution in [2.45, 2.75) is 39.8 Å². The summed E-state index contributed by atoms with van der Waals surface area (Å²) in [5.74, 6) is 0.596. The van der Waals surface area contributed by atoms with Crippen LogP contribution in [-0.4, -0.2) is 43.7 Å². The van der Waals surface area contributed by atoms with Crippen LogP contribution < -0.4 is 5.32 Å². The average molecular weight is 237 g/mol. The van der Waals surface area contributed by atoms with Crippen LogP contribution in [0.2, 0.25) is 0 Å². The highest BCUT2D eigenvalue weighted by Gasteiger charge is 2.18. The molecule has 92 valence electrons. The van der Waals surface area contributed by atoms with Gasteiger partial charge >= 0.3 is 0 Å². The number of hydrogen-bond acceptors (Lipinski definition) is 4. The normalized spacial score (nSPS) is 16.7. The first-order chi connectivity index (χ1) is 6.82. The molecular weight excluding hydrogens is 214 g/mol. The van der Waals surface area contributed by atoms with Gasteiger partial charge in [-0.25, -0.2) is 8.42 Å². The molecule has 0 heterocycles. The second-order valence-electron chi connectivity index (χ2n) is 4.30. The van der Waals surface area contributed by atoms with Crippen LogP contribution in [0.4, 0.5) is 0 Å². The molecular formula is C10H23NO3S. The fourth-order valence-corrected chi connectivity index (χ4v) is 2.46. The highest BCUT2D eigenvalue weighted by atomic mass is 32.2. The van der Waals surface area contributed by atoms with Crippen molar-refractivity contribution >= 4 is 9.84 Å². The SMILES string of the molecule is CCS(=O)(=O)CC(C)N[C@H](CO)C(C)C. The van der Waals surface area contributed by atoms with Crippen LogP contribution in [0, 0.1) is 5.92 Å². The summed E-state index contributed by atoms with van der Waals surface area (Å²) >= 11 is 0. The molecule has 5 heteroatoms. The third kappa shape index (κ3) is 6.12. The first kappa shape index (κ1) is 14.9. The van der Waals surface area contributed by atoms with Crippen LogP contribution in [0.3, 0.4) is 0 Å². The number of aliphatic hydroxyl groups excluding tert-OH is 1. The van der Waals surface area contributed by atoms with E-state index in [2.05, 4.69) is 5.32 Å². The Hall–Kier alpha value is -0.130. The topological polar surface area (TPSA) is 66.4 Å². The number of hydrogen-bond donors (Lipinski definition) is 2. The first-order valence-corrected chi connectivity index (χ1v) is 7.21. The third-order valence-corrected chi connectivity index (χ3v) is 4.33. The van der Waals surface area contributed by atoms with Gasteiger partial charge in [0.25, 0.3) is 0 Å². The lowest BCUT2D eigenvalue weighted by molar-refractivity contribution is 0.203. The molecule has 0 aliphatic heterocycles. The van der Waals surface area contributed by atoms with E-state index in [0.29, 0.717) is 5.92 Å². The van der Waals surface area contributed by atoms with Gasteiger partial charge in [0.1, 0.15) is 0 Å². The van der Waals surface area contributed by atoms with Crippen LogP contribution >= 0.6 is 0 Å². The maximum absolute atomic E-state index is 11.3. The smallest absolute Gasteiger partial charge is 0.151 e. The molecule has 0 saturated carbocycles. The Morgan fingerprint density at radius 2 is 1.80 bits per heavy atom. The Balaban J connectivity index is 4.19. The lowest BCUT2D eigenvalue weighted by Crippen LogP contribution is -2.45. The maximum atomic E-state index is 11.3. The Morgan fingerprint density at radius 1 is 1.27 bits per heavy atom. The largest absolute Gasteiger partial charge is 0.395 e. The van der Waals surface area contributed by atoms with Crippen molar-refractivity contribution in [2.75, 3.05) is 18.1 Å². The van der Waals surface area contributed by atoms with Crippen molar-refractivity contribution in [3.8, 4) is 0 Å². The standard InChI is InChI=1S/C10H23NO3S/c1-5-15(13,14)7-9(4)11-10(6-12)8(2)3/h8-12H,5-7H2,1-4H3/t9?,10-/m1/s1. The van der Waals surface area contributed by atoms with Crippen molar-refractivity contribution in [3.05, 3.63) is 0 Å². The summed E-state index contributed by atoms with van der Waals surface area (Å²) in [7, 11) is -2.94. The lowest BCUT2D eigenvalue weighted by atomic mass is 10.0. The quantitative estimate of drug-likeness (QED) is 0.673. The molecule has 0 aromatic rings. The summed E-state index contributed by atoms with van der Waals surface area (Å²) in [6.07, 6.45) is 0. The van der Waals surface area contributed by atoms with E-state index in [1.165, 1.54) is 0 Å². The summed E-state index contributed by atoms with van der Waals surface area (Å²) in [5, 5.41) is 12.2. The predicted octanol–water partition coefficient (Wildman–Crippen LogP) is 0.416. The number of rotatable bonds is 7. The Morgan fingerprint density at radius 3 is 2.13 bits per heavy atom. The average Bonchev–Trinajstić information content (AvgIpc) is 2.13. The molecule has 0 aliphatic carbocycles. The first-order valence-electron chi connectivity index (χ1n) is 5.39. The fraction of sp³-hybridized carbons (Fsp3) is 1.00. The van der Waals surface area contributed by atoms with E-state index in [1.54, 1.807) is 6.92 Å². The minimum Gasteiger partial charge on any atom is -0.395 e. The summed E-state index contributed by atoms with van der Waals surface area (Å²) in [6, 6.07) is -0.151. The van der Waals surface area contributed by atoms with Gasteiger partial charge in [-0.05, 0) is 12.8 Å². The number of sulfone groups is 1. The van der Waals surface area contributed by atoms with Crippen molar-refractivity contribution in [3.63, 3.8) is 0 Å². The van der Waals surface area contributed by atoms with Gasteiger partial charge in [-0.3, -0.25) is 0 Å². The molecule has 0 rings (SSSR count). The molecule has 0 bridgehead atoms. The molecule has 1 unspecified atom stereocenters. The molecule has 0 amide bonds. The summed E-state index contributed by atoms with van der Waals surface area (Å²) in [6.45, 7) is 7.50. The Kier molecular flexibility index (Phi) is 6.40. The zero-order chi connectivity index (χ0) is 12.1. The molecule has 4 nitrogen and oxygen atoms in total. The van der Waals surface area contributed by atoms with Gasteiger partial charge in [0.05, 0.1) is 12.4 Å². The van der Waals surface area contributed by atoms with Gasteiger partial charge in [0, 0.05) is 17.8 Å². The number of nitrogens with one attached hydrogen (secondary N) is 1. The maximum Gasteiger partial charge on any atom is 0.151 e. The minimum absolute atomic E-state index is 0.0351. The second kappa shape index (κ2) is 6.45. The molecule has 0 saturated heterocycles. The van der Waals surface area contributed by atoms with Gasteiger partial charge in [-0.15, -0.1) is 0 Å². The van der Waals surface area contributed by atoms with Crippen LogP contribution in [0.1, 0.15) is 27.7 Å². The Labute approximate surface area is 93.0 Å². The van der Waals surface area contributed by atoms with E-state index < -0.39 is 9.84 Å². The van der Waals surface area contributed by atoms with Crippen LogP contribution in [0.15, 0.2) is 0 Å². The summed E-state index contributed by atoms with van der Waals surface area (Å²) in [4.78, 5) is 0. The fourth-order valence-electron chi connectivity index (χ4n) is 1.37. The van der Waals surface area contributed by atoms with E-state index in [0.717, 1.165) is 0 Å². The highest BCUT2D eigenvalue weighted by Crippen LogP contribution is 2.03. The van der Waals surface area contributed by atoms with Crippen molar-refractivity contribution < 1.29 is 13.5 Å². The van der Waals surface area contributed by atoms with Crippen LogP contribution in [0.25, 0.3) is 0 Å².